The van der Waals surface area contributed by atoms with E-state index < -0.39 is 0 Å². The van der Waals surface area contributed by atoms with E-state index in [1.165, 1.54) is 0 Å². The summed E-state index contributed by atoms with van der Waals surface area (Å²) < 4.78 is 0. The van der Waals surface area contributed by atoms with Crippen molar-refractivity contribution in [2.45, 2.75) is 13.8 Å². The summed E-state index contributed by atoms with van der Waals surface area (Å²) in [6, 6.07) is 4.91. The normalized spacial score (nSPS) is 10.0. The Hall–Kier alpha value is -1.97. The Balaban J connectivity index is 2.97. The number of anilines is 2. The first kappa shape index (κ1) is 13.1. The van der Waals surface area contributed by atoms with Gasteiger partial charge in [0.1, 0.15) is 0 Å². The predicted octanol–water partition coefficient (Wildman–Crippen LogP) is 1.89. The number of likely N-dealkylation sites (N-methyl/N-ethyl adjacent to an activating group) is 1. The molecule has 0 saturated carbocycles. The maximum Gasteiger partial charge on any atom is 0.254 e. The molecular formula is C13H19N3O. The standard InChI is InChI=1S/C13H19N3O/c1-4-16(8-9(2)3)13(17)10-5-11(14)7-12(15)6-10/h5-7H,2,4,8,14-15H2,1,3H3. The van der Waals surface area contributed by atoms with Crippen LogP contribution in [0.25, 0.3) is 0 Å². The molecule has 17 heavy (non-hydrogen) atoms. The van der Waals surface area contributed by atoms with Gasteiger partial charge < -0.3 is 16.4 Å². The molecule has 4 N–H and O–H groups in total. The van der Waals surface area contributed by atoms with E-state index in [-0.39, 0.29) is 5.91 Å². The van der Waals surface area contributed by atoms with Gasteiger partial charge in [-0.05, 0) is 32.0 Å². The van der Waals surface area contributed by atoms with Crippen LogP contribution in [-0.2, 0) is 0 Å². The van der Waals surface area contributed by atoms with Gasteiger partial charge in [0.05, 0.1) is 0 Å². The van der Waals surface area contributed by atoms with Gasteiger partial charge in [-0.25, -0.2) is 0 Å². The summed E-state index contributed by atoms with van der Waals surface area (Å²) in [6.07, 6.45) is 0. The molecule has 4 nitrogen and oxygen atoms in total. The van der Waals surface area contributed by atoms with Gasteiger partial charge >= 0.3 is 0 Å². The monoisotopic (exact) mass is 233 g/mol. The fourth-order valence-corrected chi connectivity index (χ4v) is 1.64. The third-order valence-corrected chi connectivity index (χ3v) is 2.35. The highest BCUT2D eigenvalue weighted by molar-refractivity contribution is 5.96. The molecule has 1 rings (SSSR count). The third kappa shape index (κ3) is 3.52. The molecule has 0 unspecified atom stereocenters. The Morgan fingerprint density at radius 3 is 2.24 bits per heavy atom. The van der Waals surface area contributed by atoms with E-state index in [0.29, 0.717) is 30.0 Å². The molecule has 0 aliphatic rings. The van der Waals surface area contributed by atoms with Gasteiger partial charge in [0.15, 0.2) is 0 Å². The molecule has 0 spiro atoms. The summed E-state index contributed by atoms with van der Waals surface area (Å²) in [4.78, 5) is 13.9. The SMILES string of the molecule is C=C(C)CN(CC)C(=O)c1cc(N)cc(N)c1. The van der Waals surface area contributed by atoms with Crippen LogP contribution in [0.4, 0.5) is 11.4 Å². The molecule has 1 aromatic carbocycles. The lowest BCUT2D eigenvalue weighted by Crippen LogP contribution is -2.32. The van der Waals surface area contributed by atoms with Crippen molar-refractivity contribution < 1.29 is 4.79 Å². The molecule has 0 aliphatic heterocycles. The van der Waals surface area contributed by atoms with Crippen molar-refractivity contribution in [1.29, 1.82) is 0 Å². The minimum atomic E-state index is -0.0745. The van der Waals surface area contributed by atoms with Gasteiger partial charge in [0.2, 0.25) is 0 Å². The largest absolute Gasteiger partial charge is 0.399 e. The maximum atomic E-state index is 12.2. The van der Waals surface area contributed by atoms with Crippen LogP contribution in [0.1, 0.15) is 24.2 Å². The molecule has 0 saturated heterocycles. The second-order valence-corrected chi connectivity index (χ2v) is 4.16. The molecule has 0 aliphatic carbocycles. The van der Waals surface area contributed by atoms with Gasteiger partial charge in [-0.2, -0.15) is 0 Å². The number of nitrogen functional groups attached to an aromatic ring is 2. The number of benzene rings is 1. The van der Waals surface area contributed by atoms with Crippen molar-refractivity contribution in [2.75, 3.05) is 24.6 Å². The Labute approximate surface area is 102 Å². The van der Waals surface area contributed by atoms with E-state index in [0.717, 1.165) is 5.57 Å². The zero-order chi connectivity index (χ0) is 13.0. The van der Waals surface area contributed by atoms with Crippen LogP contribution in [0.3, 0.4) is 0 Å². The number of hydrogen-bond acceptors (Lipinski definition) is 3. The molecule has 0 radical (unpaired) electrons. The molecule has 0 aromatic heterocycles. The molecule has 0 heterocycles. The first-order valence-corrected chi connectivity index (χ1v) is 5.53. The zero-order valence-corrected chi connectivity index (χ0v) is 10.4. The quantitative estimate of drug-likeness (QED) is 0.616. The number of nitrogens with zero attached hydrogens (tertiary/aromatic N) is 1. The second-order valence-electron chi connectivity index (χ2n) is 4.16. The summed E-state index contributed by atoms with van der Waals surface area (Å²) in [7, 11) is 0. The van der Waals surface area contributed by atoms with Crippen LogP contribution in [0.2, 0.25) is 0 Å². The fourth-order valence-electron chi connectivity index (χ4n) is 1.64. The Morgan fingerprint density at radius 2 is 1.82 bits per heavy atom. The van der Waals surface area contributed by atoms with Gasteiger partial charge in [-0.3, -0.25) is 4.79 Å². The average molecular weight is 233 g/mol. The summed E-state index contributed by atoms with van der Waals surface area (Å²) >= 11 is 0. The lowest BCUT2D eigenvalue weighted by Gasteiger charge is -2.21. The smallest absolute Gasteiger partial charge is 0.254 e. The zero-order valence-electron chi connectivity index (χ0n) is 10.4. The van der Waals surface area contributed by atoms with Gasteiger partial charge in [-0.1, -0.05) is 12.2 Å². The molecular weight excluding hydrogens is 214 g/mol. The molecule has 0 bridgehead atoms. The van der Waals surface area contributed by atoms with Crippen molar-refractivity contribution in [3.05, 3.63) is 35.9 Å². The van der Waals surface area contributed by atoms with Gasteiger partial charge in [0.25, 0.3) is 5.91 Å². The predicted molar refractivity (Wildman–Crippen MR) is 71.7 cm³/mol. The van der Waals surface area contributed by atoms with E-state index >= 15 is 0 Å². The van der Waals surface area contributed by atoms with Crippen molar-refractivity contribution in [3.63, 3.8) is 0 Å². The summed E-state index contributed by atoms with van der Waals surface area (Å²) in [6.45, 7) is 8.80. The molecule has 0 fully saturated rings. The fraction of sp³-hybridized carbons (Fsp3) is 0.308. The van der Waals surface area contributed by atoms with Crippen LogP contribution in [0, 0.1) is 0 Å². The van der Waals surface area contributed by atoms with E-state index in [1.807, 2.05) is 13.8 Å². The molecule has 1 amide bonds. The van der Waals surface area contributed by atoms with Crippen molar-refractivity contribution in [2.24, 2.45) is 0 Å². The number of carbonyl (C=O) groups is 1. The molecule has 1 aromatic rings. The minimum absolute atomic E-state index is 0.0745. The van der Waals surface area contributed by atoms with Gasteiger partial charge in [-0.15, -0.1) is 0 Å². The summed E-state index contributed by atoms with van der Waals surface area (Å²) in [5, 5.41) is 0. The van der Waals surface area contributed by atoms with Crippen molar-refractivity contribution in [1.82, 2.24) is 4.90 Å². The van der Waals surface area contributed by atoms with E-state index in [4.69, 9.17) is 11.5 Å². The van der Waals surface area contributed by atoms with Crippen LogP contribution in [0.15, 0.2) is 30.4 Å². The minimum Gasteiger partial charge on any atom is -0.399 e. The third-order valence-electron chi connectivity index (χ3n) is 2.35. The van der Waals surface area contributed by atoms with Crippen LogP contribution in [-0.4, -0.2) is 23.9 Å². The van der Waals surface area contributed by atoms with E-state index in [1.54, 1.807) is 23.1 Å². The van der Waals surface area contributed by atoms with E-state index in [9.17, 15) is 4.79 Å². The maximum absolute atomic E-state index is 12.2. The Morgan fingerprint density at radius 1 is 1.29 bits per heavy atom. The average Bonchev–Trinajstić information content (AvgIpc) is 2.23. The topological polar surface area (TPSA) is 72.3 Å². The summed E-state index contributed by atoms with van der Waals surface area (Å²) in [5.41, 5.74) is 13.8. The first-order valence-electron chi connectivity index (χ1n) is 5.53. The Kier molecular flexibility index (Phi) is 4.15. The highest BCUT2D eigenvalue weighted by Gasteiger charge is 2.14. The number of hydrogen-bond donors (Lipinski definition) is 2. The molecule has 0 atom stereocenters. The van der Waals surface area contributed by atoms with Crippen LogP contribution >= 0.6 is 0 Å². The highest BCUT2D eigenvalue weighted by atomic mass is 16.2. The highest BCUT2D eigenvalue weighted by Crippen LogP contribution is 2.15. The first-order chi connectivity index (χ1) is 7.93. The second kappa shape index (κ2) is 5.39. The Bertz CT molecular complexity index is 420. The lowest BCUT2D eigenvalue weighted by molar-refractivity contribution is 0.0778. The number of rotatable bonds is 4. The van der Waals surface area contributed by atoms with Gasteiger partial charge in [0, 0.05) is 30.0 Å². The summed E-state index contributed by atoms with van der Waals surface area (Å²) in [5.74, 6) is -0.0745. The van der Waals surface area contributed by atoms with Crippen molar-refractivity contribution >= 4 is 17.3 Å². The van der Waals surface area contributed by atoms with Crippen molar-refractivity contribution in [3.8, 4) is 0 Å². The van der Waals surface area contributed by atoms with Crippen LogP contribution in [0.5, 0.6) is 0 Å². The molecule has 4 heteroatoms. The van der Waals surface area contributed by atoms with E-state index in [2.05, 4.69) is 6.58 Å². The molecule has 92 valence electrons. The lowest BCUT2D eigenvalue weighted by atomic mass is 10.1. The van der Waals surface area contributed by atoms with Crippen LogP contribution < -0.4 is 11.5 Å². The number of nitrogens with two attached hydrogens (primary N) is 2. The number of carbonyl (C=O) groups excluding carboxylic acids is 1. The number of amides is 1.